The summed E-state index contributed by atoms with van der Waals surface area (Å²) in [4.78, 5) is 29.0. The number of ether oxygens (including phenoxy) is 2. The maximum Gasteiger partial charge on any atom is 0.317 e. The van der Waals surface area contributed by atoms with Gasteiger partial charge in [-0.2, -0.15) is 0 Å². The average Bonchev–Trinajstić information content (AvgIpc) is 3.22. The van der Waals surface area contributed by atoms with Gasteiger partial charge >= 0.3 is 6.03 Å². The van der Waals surface area contributed by atoms with Crippen LogP contribution in [0.15, 0.2) is 0 Å². The highest BCUT2D eigenvalue weighted by molar-refractivity contribution is 5.80. The first-order valence-corrected chi connectivity index (χ1v) is 9.28. The van der Waals surface area contributed by atoms with Gasteiger partial charge in [0.25, 0.3) is 0 Å². The van der Waals surface area contributed by atoms with E-state index in [9.17, 15) is 9.59 Å². The molecule has 0 radical (unpaired) electrons. The van der Waals surface area contributed by atoms with E-state index in [-0.39, 0.29) is 30.1 Å². The number of hydrogen-bond acceptors (Lipinski definition) is 4. The third-order valence-electron chi connectivity index (χ3n) is 5.77. The third kappa shape index (κ3) is 3.24. The summed E-state index contributed by atoms with van der Waals surface area (Å²) in [5.41, 5.74) is 0. The number of carbonyl (C=O) groups is 2. The Morgan fingerprint density at radius 3 is 2.50 bits per heavy atom. The zero-order valence-electron chi connectivity index (χ0n) is 14.1. The minimum atomic E-state index is -0.159. The fraction of sp³-hybridized carbons (Fsp3) is 0.882. The van der Waals surface area contributed by atoms with Crippen LogP contribution in [0, 0.1) is 5.92 Å². The highest BCUT2D eigenvalue weighted by atomic mass is 16.5. The molecule has 0 unspecified atom stereocenters. The van der Waals surface area contributed by atoms with Crippen LogP contribution in [0.25, 0.3) is 0 Å². The van der Waals surface area contributed by atoms with Crippen LogP contribution in [0.4, 0.5) is 4.79 Å². The van der Waals surface area contributed by atoms with Crippen LogP contribution in [0.3, 0.4) is 0 Å². The molecule has 0 aromatic carbocycles. The van der Waals surface area contributed by atoms with Gasteiger partial charge in [-0.3, -0.25) is 4.79 Å². The lowest BCUT2D eigenvalue weighted by Gasteiger charge is -2.34. The zero-order valence-corrected chi connectivity index (χ0v) is 14.1. The largest absolute Gasteiger partial charge is 0.378 e. The highest BCUT2D eigenvalue weighted by Crippen LogP contribution is 2.33. The number of urea groups is 1. The van der Waals surface area contributed by atoms with E-state index >= 15 is 0 Å². The fourth-order valence-corrected chi connectivity index (χ4v) is 4.44. The molecule has 4 fully saturated rings. The van der Waals surface area contributed by atoms with Crippen molar-refractivity contribution >= 4 is 11.9 Å². The van der Waals surface area contributed by atoms with E-state index in [0.717, 1.165) is 19.3 Å². The minimum absolute atomic E-state index is 0.00642. The summed E-state index contributed by atoms with van der Waals surface area (Å²) in [6.45, 7) is 3.68. The summed E-state index contributed by atoms with van der Waals surface area (Å²) in [6, 6.07) is 0.337. The van der Waals surface area contributed by atoms with Crippen LogP contribution in [0.1, 0.15) is 32.1 Å². The number of nitrogens with one attached hydrogen (secondary N) is 1. The molecule has 3 aliphatic heterocycles. The summed E-state index contributed by atoms with van der Waals surface area (Å²) in [6.07, 6.45) is 5.14. The molecule has 4 rings (SSSR count). The summed E-state index contributed by atoms with van der Waals surface area (Å²) in [5, 5.41) is 3.14. The quantitative estimate of drug-likeness (QED) is 0.800. The monoisotopic (exact) mass is 337 g/mol. The van der Waals surface area contributed by atoms with Crippen LogP contribution < -0.4 is 5.32 Å². The number of carbonyl (C=O) groups excluding carboxylic acids is 2. The Balaban J connectivity index is 1.35. The minimum Gasteiger partial charge on any atom is -0.378 e. The Morgan fingerprint density at radius 1 is 1.00 bits per heavy atom. The van der Waals surface area contributed by atoms with Gasteiger partial charge in [-0.15, -0.1) is 0 Å². The molecule has 3 heterocycles. The van der Waals surface area contributed by atoms with Gasteiger partial charge in [0, 0.05) is 32.2 Å². The van der Waals surface area contributed by atoms with Crippen LogP contribution in [-0.4, -0.2) is 79.4 Å². The lowest BCUT2D eigenvalue weighted by atomic mass is 9.98. The van der Waals surface area contributed by atoms with Gasteiger partial charge in [-0.25, -0.2) is 4.79 Å². The number of morpholine rings is 2. The van der Waals surface area contributed by atoms with Crippen molar-refractivity contribution in [1.29, 1.82) is 0 Å². The van der Waals surface area contributed by atoms with Crippen molar-refractivity contribution < 1.29 is 19.1 Å². The van der Waals surface area contributed by atoms with Crippen LogP contribution in [0.2, 0.25) is 0 Å². The van der Waals surface area contributed by atoms with Crippen molar-refractivity contribution in [1.82, 2.24) is 15.1 Å². The Labute approximate surface area is 142 Å². The smallest absolute Gasteiger partial charge is 0.317 e. The van der Waals surface area contributed by atoms with E-state index in [0.29, 0.717) is 45.4 Å². The molecule has 134 valence electrons. The number of likely N-dealkylation sites (tertiary alicyclic amines) is 1. The molecule has 7 nitrogen and oxygen atoms in total. The predicted molar refractivity (Wildman–Crippen MR) is 86.5 cm³/mol. The third-order valence-corrected chi connectivity index (χ3v) is 5.77. The van der Waals surface area contributed by atoms with Gasteiger partial charge in [-0.1, -0.05) is 12.8 Å². The van der Waals surface area contributed by atoms with E-state index in [1.54, 1.807) is 0 Å². The Hall–Kier alpha value is -1.34. The van der Waals surface area contributed by atoms with Gasteiger partial charge in [-0.05, 0) is 19.3 Å². The first kappa shape index (κ1) is 16.1. The second-order valence-corrected chi connectivity index (χ2v) is 7.41. The first-order chi connectivity index (χ1) is 11.7. The molecule has 0 aromatic heterocycles. The van der Waals surface area contributed by atoms with Gasteiger partial charge in [0.2, 0.25) is 5.91 Å². The molecule has 3 amide bonds. The molecule has 24 heavy (non-hydrogen) atoms. The van der Waals surface area contributed by atoms with Crippen molar-refractivity contribution in [3.63, 3.8) is 0 Å². The highest BCUT2D eigenvalue weighted by Gasteiger charge is 2.47. The maximum atomic E-state index is 12.8. The topological polar surface area (TPSA) is 71.1 Å². The van der Waals surface area contributed by atoms with Gasteiger partial charge in [0.15, 0.2) is 0 Å². The van der Waals surface area contributed by atoms with Crippen molar-refractivity contribution in [2.45, 2.75) is 50.4 Å². The van der Waals surface area contributed by atoms with E-state index in [2.05, 4.69) is 5.32 Å². The standard InChI is InChI=1S/C17H27N3O4/c21-16(19-5-7-23-8-6-19)14-9-13-10-20(11-15(14)24-13)17(22)18-12-3-1-2-4-12/h12-15H,1-11H2,(H,18,22)/t13-,14+,15-/m1/s1. The van der Waals surface area contributed by atoms with Crippen molar-refractivity contribution in [3.05, 3.63) is 0 Å². The predicted octanol–water partition coefficient (Wildman–Crippen LogP) is 0.587. The zero-order chi connectivity index (χ0) is 16.5. The molecule has 4 aliphatic rings. The maximum absolute atomic E-state index is 12.8. The summed E-state index contributed by atoms with van der Waals surface area (Å²) < 4.78 is 11.3. The molecular weight excluding hydrogens is 310 g/mol. The normalized spacial score (nSPS) is 33.8. The molecule has 0 aromatic rings. The van der Waals surface area contributed by atoms with E-state index in [1.807, 2.05) is 9.80 Å². The van der Waals surface area contributed by atoms with Gasteiger partial charge < -0.3 is 24.6 Å². The van der Waals surface area contributed by atoms with E-state index < -0.39 is 0 Å². The molecule has 1 saturated carbocycles. The summed E-state index contributed by atoms with van der Waals surface area (Å²) in [5.74, 6) is 0.0567. The average molecular weight is 337 g/mol. The first-order valence-electron chi connectivity index (χ1n) is 9.28. The molecule has 0 spiro atoms. The molecular formula is C17H27N3O4. The van der Waals surface area contributed by atoms with Crippen LogP contribution >= 0.6 is 0 Å². The van der Waals surface area contributed by atoms with Crippen molar-refractivity contribution in [3.8, 4) is 0 Å². The second-order valence-electron chi connectivity index (χ2n) is 7.41. The van der Waals surface area contributed by atoms with Crippen molar-refractivity contribution in [2.75, 3.05) is 39.4 Å². The van der Waals surface area contributed by atoms with E-state index in [4.69, 9.17) is 9.47 Å². The molecule has 3 saturated heterocycles. The molecule has 7 heteroatoms. The number of hydrogen-bond donors (Lipinski definition) is 1. The SMILES string of the molecule is O=C(NC1CCCC1)N1C[C@H]2C[C@H](C(=O)N3CCOCC3)[C@@H](C1)O2. The Kier molecular flexibility index (Phi) is 4.63. The number of nitrogens with zero attached hydrogens (tertiary/aromatic N) is 2. The van der Waals surface area contributed by atoms with Crippen LogP contribution in [-0.2, 0) is 14.3 Å². The van der Waals surface area contributed by atoms with Gasteiger partial charge in [0.1, 0.15) is 0 Å². The molecule has 1 N–H and O–H groups in total. The Morgan fingerprint density at radius 2 is 1.75 bits per heavy atom. The van der Waals surface area contributed by atoms with E-state index in [1.165, 1.54) is 12.8 Å². The number of fused-ring (bicyclic) bond motifs is 2. The van der Waals surface area contributed by atoms with Crippen molar-refractivity contribution in [2.24, 2.45) is 5.92 Å². The molecule has 3 atom stereocenters. The second kappa shape index (κ2) is 6.88. The summed E-state index contributed by atoms with van der Waals surface area (Å²) in [7, 11) is 0. The summed E-state index contributed by atoms with van der Waals surface area (Å²) >= 11 is 0. The lowest BCUT2D eigenvalue weighted by Crippen LogP contribution is -2.53. The lowest BCUT2D eigenvalue weighted by molar-refractivity contribution is -0.142. The molecule has 1 aliphatic carbocycles. The number of amides is 3. The fourth-order valence-electron chi connectivity index (χ4n) is 4.44. The molecule has 2 bridgehead atoms. The Bertz CT molecular complexity index is 488. The van der Waals surface area contributed by atoms with Gasteiger partial charge in [0.05, 0.1) is 31.3 Å². The van der Waals surface area contributed by atoms with Crippen LogP contribution in [0.5, 0.6) is 0 Å². The number of rotatable bonds is 2.